The number of hydrogen-bond donors (Lipinski definition) is 1. The molecule has 0 bridgehead atoms. The van der Waals surface area contributed by atoms with Crippen molar-refractivity contribution in [1.82, 2.24) is 8.68 Å². The predicted molar refractivity (Wildman–Crippen MR) is 83.6 cm³/mol. The van der Waals surface area contributed by atoms with E-state index in [1.54, 1.807) is 26.1 Å². The number of carboxylic acids is 1. The minimum absolute atomic E-state index is 0.00441. The molecule has 6 nitrogen and oxygen atoms in total. The van der Waals surface area contributed by atoms with Crippen molar-refractivity contribution in [2.24, 2.45) is 0 Å². The zero-order valence-corrected chi connectivity index (χ0v) is 14.0. The second-order valence-electron chi connectivity index (χ2n) is 4.96. The van der Waals surface area contributed by atoms with Gasteiger partial charge in [0.25, 0.3) is 0 Å². The van der Waals surface area contributed by atoms with Gasteiger partial charge in [-0.2, -0.15) is 4.31 Å². The lowest BCUT2D eigenvalue weighted by atomic mass is 10.0. The van der Waals surface area contributed by atoms with Crippen LogP contribution in [0.2, 0.25) is 0 Å². The molecule has 0 saturated carbocycles. The van der Waals surface area contributed by atoms with Gasteiger partial charge in [-0.05, 0) is 54.7 Å². The van der Waals surface area contributed by atoms with E-state index in [0.29, 0.717) is 11.1 Å². The van der Waals surface area contributed by atoms with Crippen LogP contribution in [-0.4, -0.2) is 35.2 Å². The largest absolute Gasteiger partial charge is 0.478 e. The fraction of sp³-hybridized carbons (Fsp3) is 0.286. The molecule has 118 valence electrons. The van der Waals surface area contributed by atoms with Crippen LogP contribution in [0.5, 0.6) is 0 Å². The lowest BCUT2D eigenvalue weighted by Crippen LogP contribution is -2.26. The number of nitrogens with zero attached hydrogens (tertiary/aromatic N) is 2. The second kappa shape index (κ2) is 6.15. The smallest absolute Gasteiger partial charge is 0.336 e. The molecule has 0 aliphatic heterocycles. The van der Waals surface area contributed by atoms with Crippen molar-refractivity contribution >= 4 is 27.5 Å². The maximum Gasteiger partial charge on any atom is 0.336 e. The molecule has 1 heterocycles. The van der Waals surface area contributed by atoms with Crippen LogP contribution in [0.15, 0.2) is 29.3 Å². The Morgan fingerprint density at radius 1 is 1.36 bits per heavy atom. The molecular weight excluding hydrogens is 324 g/mol. The van der Waals surface area contributed by atoms with Gasteiger partial charge in [0.15, 0.2) is 0 Å². The van der Waals surface area contributed by atoms with Crippen molar-refractivity contribution in [1.29, 1.82) is 0 Å². The van der Waals surface area contributed by atoms with Crippen molar-refractivity contribution in [2.75, 3.05) is 7.05 Å². The molecule has 0 fully saturated rings. The van der Waals surface area contributed by atoms with E-state index >= 15 is 0 Å². The summed E-state index contributed by atoms with van der Waals surface area (Å²) >= 11 is 1.23. The first-order chi connectivity index (χ1) is 10.2. The highest BCUT2D eigenvalue weighted by molar-refractivity contribution is 7.89. The fourth-order valence-corrected chi connectivity index (χ4v) is 3.98. The van der Waals surface area contributed by atoms with Crippen LogP contribution in [0.3, 0.4) is 0 Å². The third-order valence-corrected chi connectivity index (χ3v) is 5.96. The Balaban J connectivity index is 2.43. The summed E-state index contributed by atoms with van der Waals surface area (Å²) in [6, 6.07) is 4.46. The van der Waals surface area contributed by atoms with E-state index in [2.05, 4.69) is 4.37 Å². The van der Waals surface area contributed by atoms with E-state index in [4.69, 9.17) is 0 Å². The zero-order valence-electron chi connectivity index (χ0n) is 12.4. The average Bonchev–Trinajstić information content (AvgIpc) is 2.93. The number of aromatic nitrogens is 1. The summed E-state index contributed by atoms with van der Waals surface area (Å²) < 4.78 is 30.4. The van der Waals surface area contributed by atoms with Crippen LogP contribution in [0.4, 0.5) is 0 Å². The van der Waals surface area contributed by atoms with Gasteiger partial charge in [0, 0.05) is 24.7 Å². The van der Waals surface area contributed by atoms with Crippen molar-refractivity contribution in [3.05, 3.63) is 46.0 Å². The molecular formula is C14H16N2O4S2. The lowest BCUT2D eigenvalue weighted by Gasteiger charge is -2.18. The first-order valence-electron chi connectivity index (χ1n) is 6.44. The Bertz CT molecular complexity index is 799. The van der Waals surface area contributed by atoms with Crippen LogP contribution in [-0.2, 0) is 16.6 Å². The minimum atomic E-state index is -3.76. The molecule has 1 aromatic carbocycles. The van der Waals surface area contributed by atoms with Gasteiger partial charge in [0.05, 0.1) is 10.5 Å². The van der Waals surface area contributed by atoms with Crippen molar-refractivity contribution in [2.45, 2.75) is 25.3 Å². The van der Waals surface area contributed by atoms with Gasteiger partial charge in [-0.3, -0.25) is 0 Å². The number of benzene rings is 1. The summed E-state index contributed by atoms with van der Waals surface area (Å²) in [4.78, 5) is 12.1. The van der Waals surface area contributed by atoms with E-state index in [0.717, 1.165) is 4.88 Å². The number of rotatable bonds is 5. The number of carboxylic acid groups (broad SMARTS) is 1. The molecule has 0 aliphatic carbocycles. The molecule has 0 aliphatic rings. The van der Waals surface area contributed by atoms with Gasteiger partial charge in [-0.15, -0.1) is 0 Å². The molecule has 0 saturated heterocycles. The molecule has 2 rings (SSSR count). The van der Waals surface area contributed by atoms with Crippen LogP contribution >= 0.6 is 11.5 Å². The standard InChI is InChI=1S/C14H16N2O4S2/c1-9-6-12(7-13(10(9)2)14(17)18)22(19,20)16(3)8-11-4-5-15-21-11/h4-7H,8H2,1-3H3,(H,17,18). The minimum Gasteiger partial charge on any atom is -0.478 e. The number of hydrogen-bond acceptors (Lipinski definition) is 5. The van der Waals surface area contributed by atoms with E-state index in [9.17, 15) is 18.3 Å². The van der Waals surface area contributed by atoms with Crippen molar-refractivity contribution in [3.8, 4) is 0 Å². The Labute approximate surface area is 133 Å². The quantitative estimate of drug-likeness (QED) is 0.902. The van der Waals surface area contributed by atoms with Gasteiger partial charge in [-0.1, -0.05) is 0 Å². The molecule has 2 aromatic rings. The third kappa shape index (κ3) is 3.18. The van der Waals surface area contributed by atoms with Crippen molar-refractivity contribution in [3.63, 3.8) is 0 Å². The summed E-state index contributed by atoms with van der Waals surface area (Å²) in [7, 11) is -2.30. The molecule has 0 unspecified atom stereocenters. The van der Waals surface area contributed by atoms with Gasteiger partial charge in [0.2, 0.25) is 10.0 Å². The summed E-state index contributed by atoms with van der Waals surface area (Å²) in [5.74, 6) is -1.14. The summed E-state index contributed by atoms with van der Waals surface area (Å²) in [6.07, 6.45) is 1.61. The Kier molecular flexibility index (Phi) is 4.64. The maximum absolute atomic E-state index is 12.6. The molecule has 0 amide bonds. The number of carbonyl (C=O) groups is 1. The normalized spacial score (nSPS) is 11.8. The Morgan fingerprint density at radius 2 is 2.05 bits per heavy atom. The van der Waals surface area contributed by atoms with Crippen LogP contribution in [0.1, 0.15) is 26.4 Å². The monoisotopic (exact) mass is 340 g/mol. The first-order valence-corrected chi connectivity index (χ1v) is 8.65. The summed E-state index contributed by atoms with van der Waals surface area (Å²) in [5.41, 5.74) is 1.20. The number of aryl methyl sites for hydroxylation is 1. The average molecular weight is 340 g/mol. The molecule has 0 spiro atoms. The summed E-state index contributed by atoms with van der Waals surface area (Å²) in [6.45, 7) is 3.56. The van der Waals surface area contributed by atoms with Gasteiger partial charge < -0.3 is 5.11 Å². The topological polar surface area (TPSA) is 87.6 Å². The van der Waals surface area contributed by atoms with Crippen LogP contribution in [0, 0.1) is 13.8 Å². The highest BCUT2D eigenvalue weighted by Crippen LogP contribution is 2.23. The Hall–Kier alpha value is -1.77. The SMILES string of the molecule is Cc1cc(S(=O)(=O)N(C)Cc2ccns2)cc(C(=O)O)c1C. The van der Waals surface area contributed by atoms with E-state index < -0.39 is 16.0 Å². The van der Waals surface area contributed by atoms with E-state index in [1.807, 2.05) is 0 Å². The Morgan fingerprint density at radius 3 is 2.59 bits per heavy atom. The molecule has 0 radical (unpaired) electrons. The van der Waals surface area contributed by atoms with Gasteiger partial charge in [-0.25, -0.2) is 17.6 Å². The maximum atomic E-state index is 12.6. The zero-order chi connectivity index (χ0) is 16.5. The first kappa shape index (κ1) is 16.6. The van der Waals surface area contributed by atoms with Crippen LogP contribution in [0.25, 0.3) is 0 Å². The van der Waals surface area contributed by atoms with Gasteiger partial charge >= 0.3 is 5.97 Å². The number of sulfonamides is 1. The molecule has 22 heavy (non-hydrogen) atoms. The van der Waals surface area contributed by atoms with E-state index in [1.165, 1.54) is 35.0 Å². The third-order valence-electron chi connectivity index (χ3n) is 3.45. The molecule has 1 aromatic heterocycles. The van der Waals surface area contributed by atoms with Gasteiger partial charge in [0.1, 0.15) is 0 Å². The second-order valence-corrected chi connectivity index (χ2v) is 7.92. The molecule has 8 heteroatoms. The van der Waals surface area contributed by atoms with Crippen LogP contribution < -0.4 is 0 Å². The fourth-order valence-electron chi connectivity index (χ4n) is 2.01. The molecule has 0 atom stereocenters. The van der Waals surface area contributed by atoms with E-state index in [-0.39, 0.29) is 17.0 Å². The highest BCUT2D eigenvalue weighted by atomic mass is 32.2. The highest BCUT2D eigenvalue weighted by Gasteiger charge is 2.24. The lowest BCUT2D eigenvalue weighted by molar-refractivity contribution is 0.0695. The molecule has 1 N–H and O–H groups in total. The summed E-state index contributed by atoms with van der Waals surface area (Å²) in [5, 5.41) is 9.21. The van der Waals surface area contributed by atoms with Crippen molar-refractivity contribution < 1.29 is 18.3 Å². The number of aromatic carboxylic acids is 1. The predicted octanol–water partition coefficient (Wildman–Crippen LogP) is 2.28.